The zero-order valence-corrected chi connectivity index (χ0v) is 30.2. The Balaban J connectivity index is 1.53. The fourth-order valence-corrected chi connectivity index (χ4v) is 7.56. The maximum atomic E-state index is 14.4. The van der Waals surface area contributed by atoms with Gasteiger partial charge in [-0.3, -0.25) is 19.2 Å². The lowest BCUT2D eigenvalue weighted by Crippen LogP contribution is -2.35. The van der Waals surface area contributed by atoms with Crippen LogP contribution in [0.25, 0.3) is 33.0 Å². The van der Waals surface area contributed by atoms with Crippen molar-refractivity contribution in [1.29, 1.82) is 0 Å². The smallest absolute Gasteiger partial charge is 0.229 e. The molecule has 0 fully saturated rings. The van der Waals surface area contributed by atoms with Gasteiger partial charge in [0.2, 0.25) is 10.9 Å². The summed E-state index contributed by atoms with van der Waals surface area (Å²) < 4.78 is 0. The van der Waals surface area contributed by atoms with E-state index in [-0.39, 0.29) is 79.3 Å². The second-order valence-electron chi connectivity index (χ2n) is 15.1. The lowest BCUT2D eigenvalue weighted by atomic mass is 9.78. The van der Waals surface area contributed by atoms with Gasteiger partial charge in [0.25, 0.3) is 0 Å². The highest BCUT2D eigenvalue weighted by molar-refractivity contribution is 6.05. The van der Waals surface area contributed by atoms with Gasteiger partial charge in [-0.2, -0.15) is 0 Å². The highest BCUT2D eigenvalue weighted by Gasteiger charge is 2.32. The first-order chi connectivity index (χ1) is 24.5. The van der Waals surface area contributed by atoms with Crippen LogP contribution in [0.2, 0.25) is 0 Å². The van der Waals surface area contributed by atoms with Crippen molar-refractivity contribution in [3.8, 4) is 45.3 Å². The minimum atomic E-state index is -0.919. The van der Waals surface area contributed by atoms with E-state index in [1.54, 1.807) is 0 Å². The van der Waals surface area contributed by atoms with E-state index in [4.69, 9.17) is 0 Å². The molecule has 2 aliphatic carbocycles. The Kier molecular flexibility index (Phi) is 9.07. The largest absolute Gasteiger partial charge is 0.507 e. The summed E-state index contributed by atoms with van der Waals surface area (Å²) in [5, 5.41) is 45.5. The number of phenolic OH excluding ortho intramolecular Hbond substituents is 4. The maximum Gasteiger partial charge on any atom is 0.229 e. The average Bonchev–Trinajstić information content (AvgIpc) is 3.12. The molecule has 6 rings (SSSR count). The van der Waals surface area contributed by atoms with Gasteiger partial charge in [-0.1, -0.05) is 88.4 Å². The van der Waals surface area contributed by atoms with Crippen LogP contribution in [0, 0.1) is 13.8 Å². The molecule has 2 aliphatic rings. The first-order valence-corrected chi connectivity index (χ1v) is 17.4. The van der Waals surface area contributed by atoms with Crippen LogP contribution in [0.1, 0.15) is 73.9 Å². The van der Waals surface area contributed by atoms with Gasteiger partial charge >= 0.3 is 0 Å². The molecular formula is C44H42O8. The van der Waals surface area contributed by atoms with Crippen molar-refractivity contribution >= 4 is 10.8 Å². The van der Waals surface area contributed by atoms with Crippen molar-refractivity contribution in [2.75, 3.05) is 0 Å². The Morgan fingerprint density at radius 1 is 0.538 bits per heavy atom. The SMILES string of the molecule is Cc1c(-c2c(C)c(=O)c3c(CCC(C)(C)c4ccccc4)c(=O)c(=O)cc-3c2=O)c(O)c2cc(O)c(O)c(CCC(C)(C)c3ccccc3)c2c1O. The summed E-state index contributed by atoms with van der Waals surface area (Å²) in [4.78, 5) is 54.9. The van der Waals surface area contributed by atoms with Crippen LogP contribution in [0.3, 0.4) is 0 Å². The molecule has 0 atom stereocenters. The first-order valence-electron chi connectivity index (χ1n) is 17.4. The van der Waals surface area contributed by atoms with Crippen molar-refractivity contribution in [3.63, 3.8) is 0 Å². The number of hydrogen-bond acceptors (Lipinski definition) is 8. The van der Waals surface area contributed by atoms with Crippen molar-refractivity contribution in [2.45, 2.75) is 78.1 Å². The minimum absolute atomic E-state index is 0.0194. The molecule has 0 amide bonds. The third-order valence-electron chi connectivity index (χ3n) is 11.0. The van der Waals surface area contributed by atoms with Gasteiger partial charge < -0.3 is 20.4 Å². The molecular weight excluding hydrogens is 656 g/mol. The predicted octanol–water partition coefficient (Wildman–Crippen LogP) is 7.19. The molecule has 8 heteroatoms. The quantitative estimate of drug-likeness (QED) is 0.0705. The second-order valence-corrected chi connectivity index (χ2v) is 15.1. The van der Waals surface area contributed by atoms with E-state index < -0.39 is 44.4 Å². The van der Waals surface area contributed by atoms with E-state index in [0.29, 0.717) is 12.8 Å². The zero-order valence-electron chi connectivity index (χ0n) is 30.2. The molecule has 0 radical (unpaired) electrons. The molecule has 0 aliphatic heterocycles. The summed E-state index contributed by atoms with van der Waals surface area (Å²) in [5.74, 6) is -1.81. The summed E-state index contributed by atoms with van der Waals surface area (Å²) in [6.45, 7) is 11.0. The molecule has 0 saturated heterocycles. The molecule has 266 valence electrons. The molecule has 4 aromatic carbocycles. The molecule has 0 heterocycles. The van der Waals surface area contributed by atoms with Gasteiger partial charge in [0.05, 0.1) is 0 Å². The van der Waals surface area contributed by atoms with Gasteiger partial charge in [0.15, 0.2) is 22.4 Å². The lowest BCUT2D eigenvalue weighted by molar-refractivity contribution is 0.395. The van der Waals surface area contributed by atoms with Crippen LogP contribution in [0.4, 0.5) is 0 Å². The van der Waals surface area contributed by atoms with E-state index in [2.05, 4.69) is 0 Å². The fourth-order valence-electron chi connectivity index (χ4n) is 7.56. The summed E-state index contributed by atoms with van der Waals surface area (Å²) in [6, 6.07) is 21.4. The number of benzene rings is 6. The van der Waals surface area contributed by atoms with Crippen LogP contribution in [0.15, 0.2) is 92.0 Å². The van der Waals surface area contributed by atoms with E-state index in [1.165, 1.54) is 13.8 Å². The lowest BCUT2D eigenvalue weighted by Gasteiger charge is -2.26. The third-order valence-corrected chi connectivity index (χ3v) is 11.0. The second kappa shape index (κ2) is 13.1. The normalized spacial score (nSPS) is 12.2. The van der Waals surface area contributed by atoms with Crippen molar-refractivity contribution in [3.05, 3.63) is 147 Å². The van der Waals surface area contributed by atoms with Crippen LogP contribution < -0.4 is 21.7 Å². The Labute approximate surface area is 301 Å². The number of hydrogen-bond donors (Lipinski definition) is 4. The molecule has 0 unspecified atom stereocenters. The highest BCUT2D eigenvalue weighted by Crippen LogP contribution is 2.50. The monoisotopic (exact) mass is 698 g/mol. The Morgan fingerprint density at radius 3 is 1.60 bits per heavy atom. The minimum Gasteiger partial charge on any atom is -0.507 e. The number of rotatable bonds is 9. The topological polar surface area (TPSA) is 149 Å². The van der Waals surface area contributed by atoms with Crippen molar-refractivity contribution < 1.29 is 20.4 Å². The number of aromatic hydroxyl groups is 4. The van der Waals surface area contributed by atoms with Crippen LogP contribution >= 0.6 is 0 Å². The predicted molar refractivity (Wildman–Crippen MR) is 205 cm³/mol. The third kappa shape index (κ3) is 5.92. The molecule has 0 aromatic heterocycles. The molecule has 8 nitrogen and oxygen atoms in total. The molecule has 0 bridgehead atoms. The summed E-state index contributed by atoms with van der Waals surface area (Å²) >= 11 is 0. The van der Waals surface area contributed by atoms with E-state index in [1.807, 2.05) is 88.4 Å². The Bertz CT molecular complexity index is 2540. The van der Waals surface area contributed by atoms with Gasteiger partial charge in [-0.05, 0) is 67.6 Å². The Morgan fingerprint density at radius 2 is 1.06 bits per heavy atom. The standard InChI is InChI=1S/C44H42O8/c1-23-33(41(51)29-21-31(45)39(49)27(35(29)37(23)47)17-19-43(3,4)25-13-9-7-10-14-25)34-24(2)38(48)36-28(40(50)32(46)22-30(36)42(34)52)18-20-44(5,6)26-15-11-8-12-16-26/h7-16,21-22,45,47,49,51H,17-20H2,1-6H3. The first kappa shape index (κ1) is 36.0. The zero-order chi connectivity index (χ0) is 37.9. The highest BCUT2D eigenvalue weighted by atomic mass is 16.3. The van der Waals surface area contributed by atoms with Gasteiger partial charge in [-0.15, -0.1) is 0 Å². The van der Waals surface area contributed by atoms with Crippen molar-refractivity contribution in [1.82, 2.24) is 0 Å². The van der Waals surface area contributed by atoms with Crippen LogP contribution in [-0.2, 0) is 23.7 Å². The fraction of sp³-hybridized carbons (Fsp3) is 0.273. The summed E-state index contributed by atoms with van der Waals surface area (Å²) in [5.41, 5.74) is -2.38. The molecule has 4 N–H and O–H groups in total. The molecule has 0 saturated carbocycles. The number of phenols is 4. The van der Waals surface area contributed by atoms with Gasteiger partial charge in [-0.25, -0.2) is 0 Å². The van der Waals surface area contributed by atoms with Crippen LogP contribution in [-0.4, -0.2) is 20.4 Å². The van der Waals surface area contributed by atoms with E-state index in [9.17, 15) is 39.6 Å². The summed E-state index contributed by atoms with van der Waals surface area (Å²) in [7, 11) is 0. The van der Waals surface area contributed by atoms with Gasteiger partial charge in [0, 0.05) is 61.3 Å². The molecule has 0 spiro atoms. The van der Waals surface area contributed by atoms with E-state index in [0.717, 1.165) is 23.3 Å². The average molecular weight is 699 g/mol. The maximum absolute atomic E-state index is 14.4. The Hall–Kier alpha value is -5.76. The number of aryl methyl sites for hydroxylation is 1. The summed E-state index contributed by atoms with van der Waals surface area (Å²) in [6.07, 6.45) is 1.21. The van der Waals surface area contributed by atoms with Crippen molar-refractivity contribution in [2.24, 2.45) is 0 Å². The van der Waals surface area contributed by atoms with Gasteiger partial charge in [0.1, 0.15) is 11.5 Å². The van der Waals surface area contributed by atoms with E-state index >= 15 is 0 Å². The van der Waals surface area contributed by atoms with Crippen LogP contribution in [0.5, 0.6) is 23.0 Å². The number of fused-ring (bicyclic) bond motifs is 2. The molecule has 52 heavy (non-hydrogen) atoms. The molecule has 4 aromatic rings.